The van der Waals surface area contributed by atoms with E-state index < -0.39 is 0 Å². The molecule has 0 fully saturated rings. The van der Waals surface area contributed by atoms with Gasteiger partial charge in [0.25, 0.3) is 0 Å². The van der Waals surface area contributed by atoms with Crippen LogP contribution in [0.1, 0.15) is 5.56 Å². The highest BCUT2D eigenvalue weighted by molar-refractivity contribution is 5.44. The molecule has 0 saturated heterocycles. The number of rotatable bonds is 0. The molecule has 1 radical (unpaired) electrons. The number of anilines is 1. The average Bonchev–Trinajstić information content (AvgIpc) is 1.88. The molecule has 0 heterocycles. The van der Waals surface area contributed by atoms with Gasteiger partial charge in [0, 0.05) is 11.8 Å². The van der Waals surface area contributed by atoms with Crippen LogP contribution in [0.5, 0.6) is 0 Å². The Labute approximate surface area is 53.5 Å². The van der Waals surface area contributed by atoms with E-state index in [1.54, 1.807) is 18.2 Å². The summed E-state index contributed by atoms with van der Waals surface area (Å²) in [6.07, 6.45) is 0. The van der Waals surface area contributed by atoms with E-state index in [1.165, 1.54) is 0 Å². The van der Waals surface area contributed by atoms with E-state index in [1.807, 2.05) is 6.07 Å². The van der Waals surface area contributed by atoms with Gasteiger partial charge in [0.05, 0.1) is 11.6 Å². The number of benzene rings is 1. The zero-order valence-electron chi connectivity index (χ0n) is 4.76. The van der Waals surface area contributed by atoms with E-state index in [0.717, 1.165) is 0 Å². The van der Waals surface area contributed by atoms with Crippen LogP contribution < -0.4 is 5.73 Å². The van der Waals surface area contributed by atoms with Gasteiger partial charge >= 0.3 is 0 Å². The SMILES string of the molecule is N#Cc1[c]ccc(N)c1. The van der Waals surface area contributed by atoms with Crippen LogP contribution in [0.2, 0.25) is 0 Å². The summed E-state index contributed by atoms with van der Waals surface area (Å²) in [6, 6.07) is 9.56. The second-order valence-corrected chi connectivity index (χ2v) is 1.65. The van der Waals surface area contributed by atoms with Crippen LogP contribution >= 0.6 is 0 Å². The fourth-order valence-corrected chi connectivity index (χ4v) is 0.549. The van der Waals surface area contributed by atoms with Crippen LogP contribution in [0.3, 0.4) is 0 Å². The lowest BCUT2D eigenvalue weighted by Gasteiger charge is -1.88. The second-order valence-electron chi connectivity index (χ2n) is 1.65. The molecule has 0 aliphatic rings. The Morgan fingerprint density at radius 1 is 1.67 bits per heavy atom. The van der Waals surface area contributed by atoms with Crippen molar-refractivity contribution in [2.45, 2.75) is 0 Å². The molecule has 9 heavy (non-hydrogen) atoms. The smallest absolute Gasteiger partial charge is 0.0998 e. The van der Waals surface area contributed by atoms with Crippen LogP contribution in [0.4, 0.5) is 5.69 Å². The van der Waals surface area contributed by atoms with Gasteiger partial charge in [-0.3, -0.25) is 0 Å². The lowest BCUT2D eigenvalue weighted by molar-refractivity contribution is 1.48. The summed E-state index contributed by atoms with van der Waals surface area (Å²) >= 11 is 0. The first-order valence-electron chi connectivity index (χ1n) is 2.50. The molecule has 0 saturated carbocycles. The van der Waals surface area contributed by atoms with Crippen LogP contribution in [0.15, 0.2) is 18.2 Å². The Bertz CT molecular complexity index is 247. The Balaban J connectivity index is 3.12. The Morgan fingerprint density at radius 2 is 2.44 bits per heavy atom. The number of hydrogen-bond acceptors (Lipinski definition) is 2. The number of nitrogens with zero attached hydrogens (tertiary/aromatic N) is 1. The molecule has 1 aromatic rings. The van der Waals surface area contributed by atoms with Gasteiger partial charge in [0.2, 0.25) is 0 Å². The summed E-state index contributed by atoms with van der Waals surface area (Å²) in [5.41, 5.74) is 6.45. The van der Waals surface area contributed by atoms with Crippen LogP contribution in [0.25, 0.3) is 0 Å². The first-order chi connectivity index (χ1) is 4.33. The molecular weight excluding hydrogens is 112 g/mol. The topological polar surface area (TPSA) is 49.8 Å². The van der Waals surface area contributed by atoms with Crippen molar-refractivity contribution < 1.29 is 0 Å². The maximum absolute atomic E-state index is 8.33. The van der Waals surface area contributed by atoms with Crippen molar-refractivity contribution in [2.75, 3.05) is 5.73 Å². The number of nitriles is 1. The van der Waals surface area contributed by atoms with Crippen LogP contribution in [-0.2, 0) is 0 Å². The minimum atomic E-state index is 0.481. The van der Waals surface area contributed by atoms with Crippen molar-refractivity contribution in [1.82, 2.24) is 0 Å². The van der Waals surface area contributed by atoms with Gasteiger partial charge in [0.15, 0.2) is 0 Å². The van der Waals surface area contributed by atoms with Gasteiger partial charge in [-0.25, -0.2) is 0 Å². The summed E-state index contributed by atoms with van der Waals surface area (Å²) in [5, 5.41) is 8.33. The van der Waals surface area contributed by atoms with Gasteiger partial charge in [-0.05, 0) is 12.1 Å². The molecule has 1 rings (SSSR count). The van der Waals surface area contributed by atoms with E-state index in [2.05, 4.69) is 6.07 Å². The highest BCUT2D eigenvalue weighted by Gasteiger charge is 1.87. The molecule has 0 aromatic heterocycles. The largest absolute Gasteiger partial charge is 0.399 e. The predicted octanol–water partition coefficient (Wildman–Crippen LogP) is 0.941. The van der Waals surface area contributed by atoms with E-state index in [4.69, 9.17) is 11.0 Å². The van der Waals surface area contributed by atoms with Crippen molar-refractivity contribution in [2.24, 2.45) is 0 Å². The van der Waals surface area contributed by atoms with E-state index in [0.29, 0.717) is 11.3 Å². The quantitative estimate of drug-likeness (QED) is 0.514. The van der Waals surface area contributed by atoms with Crippen molar-refractivity contribution in [1.29, 1.82) is 5.26 Å². The Hall–Kier alpha value is -1.49. The molecule has 2 nitrogen and oxygen atoms in total. The Kier molecular flexibility index (Phi) is 1.37. The minimum absolute atomic E-state index is 0.481. The standard InChI is InChI=1S/C7H5N2/c8-5-6-2-1-3-7(9)4-6/h1,3-4H,9H2. The summed E-state index contributed by atoms with van der Waals surface area (Å²) in [7, 11) is 0. The maximum Gasteiger partial charge on any atom is 0.0998 e. The zero-order chi connectivity index (χ0) is 6.69. The molecule has 0 unspecified atom stereocenters. The number of hydrogen-bond donors (Lipinski definition) is 1. The molecule has 0 aliphatic heterocycles. The normalized spacial score (nSPS) is 8.33. The fraction of sp³-hybridized carbons (Fsp3) is 0. The third kappa shape index (κ3) is 1.20. The summed E-state index contributed by atoms with van der Waals surface area (Å²) in [6.45, 7) is 0. The molecule has 1 aromatic carbocycles. The van der Waals surface area contributed by atoms with Crippen molar-refractivity contribution >= 4 is 5.69 Å². The van der Waals surface area contributed by atoms with Crippen LogP contribution in [-0.4, -0.2) is 0 Å². The summed E-state index contributed by atoms with van der Waals surface area (Å²) in [5.74, 6) is 0. The van der Waals surface area contributed by atoms with Gasteiger partial charge in [0.1, 0.15) is 0 Å². The van der Waals surface area contributed by atoms with E-state index >= 15 is 0 Å². The molecular formula is C7H5N2. The number of nitrogens with two attached hydrogens (primary N) is 1. The fourth-order valence-electron chi connectivity index (χ4n) is 0.549. The van der Waals surface area contributed by atoms with Crippen molar-refractivity contribution in [3.63, 3.8) is 0 Å². The maximum atomic E-state index is 8.33. The first-order valence-corrected chi connectivity index (χ1v) is 2.50. The van der Waals surface area contributed by atoms with Gasteiger partial charge < -0.3 is 5.73 Å². The van der Waals surface area contributed by atoms with Crippen molar-refractivity contribution in [3.8, 4) is 6.07 Å². The lowest BCUT2D eigenvalue weighted by Crippen LogP contribution is -1.83. The zero-order valence-corrected chi connectivity index (χ0v) is 4.76. The van der Waals surface area contributed by atoms with Crippen molar-refractivity contribution in [3.05, 3.63) is 29.8 Å². The average molecular weight is 117 g/mol. The third-order valence-corrected chi connectivity index (χ3v) is 0.946. The monoisotopic (exact) mass is 117 g/mol. The highest BCUT2D eigenvalue weighted by atomic mass is 14.5. The molecule has 2 N–H and O–H groups in total. The van der Waals surface area contributed by atoms with Gasteiger partial charge in [-0.15, -0.1) is 0 Å². The predicted molar refractivity (Wildman–Crippen MR) is 34.4 cm³/mol. The molecule has 0 atom stereocenters. The molecule has 43 valence electrons. The first kappa shape index (κ1) is 5.64. The van der Waals surface area contributed by atoms with E-state index in [9.17, 15) is 0 Å². The van der Waals surface area contributed by atoms with Gasteiger partial charge in [-0.1, -0.05) is 6.07 Å². The van der Waals surface area contributed by atoms with E-state index in [-0.39, 0.29) is 0 Å². The molecule has 0 bridgehead atoms. The summed E-state index contributed by atoms with van der Waals surface area (Å²) < 4.78 is 0. The molecule has 2 heteroatoms. The lowest BCUT2D eigenvalue weighted by atomic mass is 10.2. The molecule has 0 spiro atoms. The Morgan fingerprint density at radius 3 is 2.89 bits per heavy atom. The highest BCUT2D eigenvalue weighted by Crippen LogP contribution is 2.02. The van der Waals surface area contributed by atoms with Gasteiger partial charge in [-0.2, -0.15) is 5.26 Å². The molecule has 0 amide bonds. The summed E-state index contributed by atoms with van der Waals surface area (Å²) in [4.78, 5) is 0. The number of nitrogen functional groups attached to an aromatic ring is 1. The van der Waals surface area contributed by atoms with Crippen LogP contribution in [0, 0.1) is 17.4 Å². The second kappa shape index (κ2) is 2.19. The minimum Gasteiger partial charge on any atom is -0.399 e. The molecule has 0 aliphatic carbocycles. The third-order valence-electron chi connectivity index (χ3n) is 0.946.